The number of amides is 2. The van der Waals surface area contributed by atoms with Gasteiger partial charge in [0, 0.05) is 6.54 Å². The Bertz CT molecular complexity index is 449. The Morgan fingerprint density at radius 1 is 1.30 bits per heavy atom. The average molecular weight is 325 g/mol. The molecule has 7 heteroatoms. The van der Waals surface area contributed by atoms with E-state index in [0.29, 0.717) is 25.8 Å². The predicted octanol–water partition coefficient (Wildman–Crippen LogP) is 0.489. The zero-order chi connectivity index (χ0) is 16.8. The Hall–Kier alpha value is -1.63. The smallest absolute Gasteiger partial charge is 0.326 e. The zero-order valence-electron chi connectivity index (χ0n) is 13.7. The monoisotopic (exact) mass is 325 g/mol. The van der Waals surface area contributed by atoms with Crippen LogP contribution in [0.2, 0.25) is 0 Å². The lowest BCUT2D eigenvalue weighted by Gasteiger charge is -2.28. The summed E-state index contributed by atoms with van der Waals surface area (Å²) in [6.07, 6.45) is 5.21. The molecule has 2 aliphatic rings. The zero-order valence-corrected chi connectivity index (χ0v) is 13.7. The molecule has 3 atom stereocenters. The second-order valence-corrected chi connectivity index (χ2v) is 6.38. The highest BCUT2D eigenvalue weighted by Crippen LogP contribution is 2.20. The van der Waals surface area contributed by atoms with E-state index < -0.39 is 18.1 Å². The van der Waals surface area contributed by atoms with Crippen molar-refractivity contribution in [3.8, 4) is 0 Å². The minimum Gasteiger partial charge on any atom is -0.480 e. The average Bonchev–Trinajstić information content (AvgIpc) is 3.21. The number of nitrogens with one attached hydrogen (secondary N) is 2. The molecule has 0 aromatic carbocycles. The second kappa shape index (κ2) is 8.29. The van der Waals surface area contributed by atoms with Crippen molar-refractivity contribution in [2.75, 3.05) is 13.1 Å². The largest absolute Gasteiger partial charge is 0.480 e. The maximum absolute atomic E-state index is 12.7. The van der Waals surface area contributed by atoms with E-state index in [0.717, 1.165) is 32.2 Å². The molecule has 0 radical (unpaired) electrons. The predicted molar refractivity (Wildman–Crippen MR) is 84.9 cm³/mol. The van der Waals surface area contributed by atoms with Crippen molar-refractivity contribution in [3.05, 3.63) is 0 Å². The Morgan fingerprint density at radius 2 is 2.09 bits per heavy atom. The van der Waals surface area contributed by atoms with Crippen LogP contribution in [0.1, 0.15) is 51.9 Å². The molecule has 2 heterocycles. The van der Waals surface area contributed by atoms with E-state index in [1.54, 1.807) is 0 Å². The molecule has 23 heavy (non-hydrogen) atoms. The summed E-state index contributed by atoms with van der Waals surface area (Å²) >= 11 is 0. The maximum atomic E-state index is 12.7. The van der Waals surface area contributed by atoms with Crippen LogP contribution in [-0.4, -0.2) is 59.0 Å². The normalized spacial score (nSPS) is 25.3. The number of carboxylic acid groups (broad SMARTS) is 1. The van der Waals surface area contributed by atoms with Gasteiger partial charge in [-0.25, -0.2) is 4.79 Å². The number of aliphatic carboxylic acids is 1. The first-order chi connectivity index (χ1) is 11.0. The molecular weight excluding hydrogens is 298 g/mol. The molecule has 0 saturated carbocycles. The van der Waals surface area contributed by atoms with Gasteiger partial charge in [0.1, 0.15) is 12.1 Å². The number of carbonyl (C=O) groups excluding carboxylic acids is 2. The standard InChI is InChI=1S/C16H27N3O4/c1-2-3-6-12(18-14(20)11-7-4-9-17-11)15(21)19-10-5-8-13(19)16(22)23/h11-13,17H,2-10H2,1H3,(H,18,20)(H,22,23)/t11-,12-,13-/m0/s1. The van der Waals surface area contributed by atoms with Crippen LogP contribution in [0.4, 0.5) is 0 Å². The number of hydrogen-bond acceptors (Lipinski definition) is 4. The van der Waals surface area contributed by atoms with Crippen LogP contribution in [0.3, 0.4) is 0 Å². The number of unbranched alkanes of at least 4 members (excludes halogenated alkanes) is 1. The summed E-state index contributed by atoms with van der Waals surface area (Å²) in [5.41, 5.74) is 0. The summed E-state index contributed by atoms with van der Waals surface area (Å²) in [7, 11) is 0. The number of carboxylic acids is 1. The van der Waals surface area contributed by atoms with Gasteiger partial charge >= 0.3 is 5.97 Å². The highest BCUT2D eigenvalue weighted by atomic mass is 16.4. The highest BCUT2D eigenvalue weighted by Gasteiger charge is 2.38. The summed E-state index contributed by atoms with van der Waals surface area (Å²) in [5.74, 6) is -1.37. The van der Waals surface area contributed by atoms with Crippen molar-refractivity contribution < 1.29 is 19.5 Å². The van der Waals surface area contributed by atoms with Gasteiger partial charge in [0.2, 0.25) is 11.8 Å². The van der Waals surface area contributed by atoms with Crippen LogP contribution in [0, 0.1) is 0 Å². The highest BCUT2D eigenvalue weighted by molar-refractivity contribution is 5.92. The number of carbonyl (C=O) groups is 3. The fourth-order valence-electron chi connectivity index (χ4n) is 3.33. The van der Waals surface area contributed by atoms with Gasteiger partial charge in [-0.1, -0.05) is 19.8 Å². The summed E-state index contributed by atoms with van der Waals surface area (Å²) in [4.78, 5) is 37.8. The lowest BCUT2D eigenvalue weighted by Crippen LogP contribution is -2.54. The lowest BCUT2D eigenvalue weighted by atomic mass is 10.1. The van der Waals surface area contributed by atoms with E-state index >= 15 is 0 Å². The summed E-state index contributed by atoms with van der Waals surface area (Å²) in [6, 6.07) is -1.61. The quantitative estimate of drug-likeness (QED) is 0.633. The van der Waals surface area contributed by atoms with Gasteiger partial charge in [-0.2, -0.15) is 0 Å². The number of rotatable bonds is 7. The fraction of sp³-hybridized carbons (Fsp3) is 0.812. The first-order valence-electron chi connectivity index (χ1n) is 8.61. The number of hydrogen-bond donors (Lipinski definition) is 3. The van der Waals surface area contributed by atoms with E-state index in [2.05, 4.69) is 10.6 Å². The second-order valence-electron chi connectivity index (χ2n) is 6.38. The third kappa shape index (κ3) is 4.43. The molecule has 2 aliphatic heterocycles. The van der Waals surface area contributed by atoms with Crippen LogP contribution < -0.4 is 10.6 Å². The van der Waals surface area contributed by atoms with E-state index in [9.17, 15) is 19.5 Å². The molecular formula is C16H27N3O4. The Morgan fingerprint density at radius 3 is 2.70 bits per heavy atom. The van der Waals surface area contributed by atoms with Crippen molar-refractivity contribution in [1.29, 1.82) is 0 Å². The SMILES string of the molecule is CCCC[C@H](NC(=O)[C@@H]1CCCN1)C(=O)N1CCC[C@H]1C(=O)O. The lowest BCUT2D eigenvalue weighted by molar-refractivity contribution is -0.149. The van der Waals surface area contributed by atoms with Gasteiger partial charge in [-0.15, -0.1) is 0 Å². The van der Waals surface area contributed by atoms with Crippen LogP contribution in [0.5, 0.6) is 0 Å². The molecule has 0 aliphatic carbocycles. The Labute approximate surface area is 136 Å². The van der Waals surface area contributed by atoms with Crippen molar-refractivity contribution >= 4 is 17.8 Å². The fourth-order valence-corrected chi connectivity index (χ4v) is 3.33. The number of likely N-dealkylation sites (tertiary alicyclic amines) is 1. The first-order valence-corrected chi connectivity index (χ1v) is 8.61. The van der Waals surface area contributed by atoms with E-state index in [1.807, 2.05) is 6.92 Å². The molecule has 0 aromatic rings. The van der Waals surface area contributed by atoms with Crippen LogP contribution in [0.15, 0.2) is 0 Å². The molecule has 2 saturated heterocycles. The molecule has 2 amide bonds. The van der Waals surface area contributed by atoms with Gasteiger partial charge in [0.25, 0.3) is 0 Å². The molecule has 7 nitrogen and oxygen atoms in total. The Kier molecular flexibility index (Phi) is 6.38. The molecule has 0 unspecified atom stereocenters. The van der Waals surface area contributed by atoms with Crippen molar-refractivity contribution in [2.24, 2.45) is 0 Å². The number of nitrogens with zero attached hydrogens (tertiary/aromatic N) is 1. The third-order valence-corrected chi connectivity index (χ3v) is 4.66. The van der Waals surface area contributed by atoms with Crippen LogP contribution >= 0.6 is 0 Å². The van der Waals surface area contributed by atoms with E-state index in [-0.39, 0.29) is 17.9 Å². The van der Waals surface area contributed by atoms with Gasteiger partial charge in [0.15, 0.2) is 0 Å². The van der Waals surface area contributed by atoms with Gasteiger partial charge < -0.3 is 20.6 Å². The van der Waals surface area contributed by atoms with Gasteiger partial charge in [-0.3, -0.25) is 9.59 Å². The summed E-state index contributed by atoms with van der Waals surface area (Å²) < 4.78 is 0. The van der Waals surface area contributed by atoms with E-state index in [4.69, 9.17) is 0 Å². The molecule has 0 bridgehead atoms. The summed E-state index contributed by atoms with van der Waals surface area (Å²) in [6.45, 7) is 3.30. The minimum absolute atomic E-state index is 0.150. The minimum atomic E-state index is -0.964. The van der Waals surface area contributed by atoms with E-state index in [1.165, 1.54) is 4.90 Å². The Balaban J connectivity index is 2.02. The molecule has 0 spiro atoms. The van der Waals surface area contributed by atoms with Crippen LogP contribution in [-0.2, 0) is 14.4 Å². The molecule has 2 fully saturated rings. The first kappa shape index (κ1) is 17.7. The molecule has 2 rings (SSSR count). The third-order valence-electron chi connectivity index (χ3n) is 4.66. The molecule has 130 valence electrons. The van der Waals surface area contributed by atoms with Gasteiger partial charge in [0.05, 0.1) is 6.04 Å². The molecule has 3 N–H and O–H groups in total. The van der Waals surface area contributed by atoms with Gasteiger partial charge in [-0.05, 0) is 38.6 Å². The molecule has 0 aromatic heterocycles. The van der Waals surface area contributed by atoms with Crippen molar-refractivity contribution in [2.45, 2.75) is 70.0 Å². The maximum Gasteiger partial charge on any atom is 0.326 e. The van der Waals surface area contributed by atoms with Crippen LogP contribution in [0.25, 0.3) is 0 Å². The van der Waals surface area contributed by atoms with Crippen molar-refractivity contribution in [3.63, 3.8) is 0 Å². The van der Waals surface area contributed by atoms with Crippen molar-refractivity contribution in [1.82, 2.24) is 15.5 Å². The summed E-state index contributed by atoms with van der Waals surface area (Å²) in [5, 5.41) is 15.2. The topological polar surface area (TPSA) is 98.7 Å².